The van der Waals surface area contributed by atoms with E-state index in [1.807, 2.05) is 6.20 Å². The molecule has 1 aromatic heterocycles. The fourth-order valence-corrected chi connectivity index (χ4v) is 2.73. The Kier molecular flexibility index (Phi) is 3.39. The molecule has 92 valence electrons. The molecule has 1 aliphatic heterocycles. The molecule has 0 unspecified atom stereocenters. The zero-order chi connectivity index (χ0) is 11.5. The molecule has 1 aromatic rings. The average Bonchev–Trinajstić information content (AvgIpc) is 3.22. The van der Waals surface area contributed by atoms with Crippen molar-refractivity contribution in [1.29, 1.82) is 0 Å². The molecule has 3 rings (SSSR count). The van der Waals surface area contributed by atoms with Crippen LogP contribution in [0.4, 0.5) is 0 Å². The van der Waals surface area contributed by atoms with Crippen LogP contribution in [0.5, 0.6) is 0 Å². The van der Waals surface area contributed by atoms with Crippen LogP contribution in [-0.4, -0.2) is 36.1 Å². The molecule has 2 fully saturated rings. The molecular formula is C14H21N3. The van der Waals surface area contributed by atoms with E-state index >= 15 is 0 Å². The Bertz CT molecular complexity index is 342. The van der Waals surface area contributed by atoms with Crippen LogP contribution < -0.4 is 5.32 Å². The molecule has 0 aromatic carbocycles. The third kappa shape index (κ3) is 2.85. The molecule has 3 heteroatoms. The molecule has 0 radical (unpaired) electrons. The molecule has 1 saturated heterocycles. The van der Waals surface area contributed by atoms with Gasteiger partial charge < -0.3 is 5.32 Å². The van der Waals surface area contributed by atoms with Gasteiger partial charge in [0.25, 0.3) is 0 Å². The van der Waals surface area contributed by atoms with Crippen LogP contribution in [0.2, 0.25) is 0 Å². The van der Waals surface area contributed by atoms with Crippen molar-refractivity contribution in [3.05, 3.63) is 30.1 Å². The van der Waals surface area contributed by atoms with Gasteiger partial charge in [0.1, 0.15) is 0 Å². The van der Waals surface area contributed by atoms with Crippen molar-refractivity contribution in [2.24, 2.45) is 5.92 Å². The van der Waals surface area contributed by atoms with E-state index in [4.69, 9.17) is 0 Å². The second-order valence-electron chi connectivity index (χ2n) is 5.27. The van der Waals surface area contributed by atoms with Gasteiger partial charge in [-0.15, -0.1) is 0 Å². The number of rotatable bonds is 4. The molecule has 17 heavy (non-hydrogen) atoms. The number of hydrogen-bond donors (Lipinski definition) is 1. The molecule has 0 spiro atoms. The summed E-state index contributed by atoms with van der Waals surface area (Å²) in [6.07, 6.45) is 8.11. The van der Waals surface area contributed by atoms with Gasteiger partial charge in [0.2, 0.25) is 0 Å². The summed E-state index contributed by atoms with van der Waals surface area (Å²) in [4.78, 5) is 6.92. The van der Waals surface area contributed by atoms with E-state index in [1.165, 1.54) is 37.9 Å². The standard InChI is InChI=1S/C14H21N3/c1-2-13(11-16-5-1)14(10-12-3-4-12)17-8-6-15-7-9-17/h1-2,5,11-12,14-15H,3-4,6-10H2/t14-/m0/s1. The lowest BCUT2D eigenvalue weighted by Crippen LogP contribution is -2.45. The Morgan fingerprint density at radius 1 is 1.35 bits per heavy atom. The molecule has 2 heterocycles. The maximum Gasteiger partial charge on any atom is 0.0367 e. The molecule has 0 amide bonds. The second kappa shape index (κ2) is 5.15. The van der Waals surface area contributed by atoms with Crippen molar-refractivity contribution in [3.8, 4) is 0 Å². The smallest absolute Gasteiger partial charge is 0.0367 e. The number of piperazine rings is 1. The van der Waals surface area contributed by atoms with E-state index in [0.29, 0.717) is 6.04 Å². The van der Waals surface area contributed by atoms with Crippen molar-refractivity contribution >= 4 is 0 Å². The number of nitrogens with one attached hydrogen (secondary N) is 1. The minimum Gasteiger partial charge on any atom is -0.314 e. The largest absolute Gasteiger partial charge is 0.314 e. The van der Waals surface area contributed by atoms with Gasteiger partial charge in [-0.3, -0.25) is 9.88 Å². The highest BCUT2D eigenvalue weighted by Crippen LogP contribution is 2.39. The first-order valence-electron chi connectivity index (χ1n) is 6.78. The molecule has 1 atom stereocenters. The molecule has 3 nitrogen and oxygen atoms in total. The summed E-state index contributed by atoms with van der Waals surface area (Å²) >= 11 is 0. The minimum atomic E-state index is 0.596. The topological polar surface area (TPSA) is 28.2 Å². The molecule has 0 bridgehead atoms. The highest BCUT2D eigenvalue weighted by molar-refractivity contribution is 5.15. The Morgan fingerprint density at radius 2 is 2.18 bits per heavy atom. The van der Waals surface area contributed by atoms with Gasteiger partial charge in [-0.2, -0.15) is 0 Å². The van der Waals surface area contributed by atoms with Gasteiger partial charge in [0, 0.05) is 44.6 Å². The first-order chi connectivity index (χ1) is 8.43. The van der Waals surface area contributed by atoms with E-state index in [1.54, 1.807) is 0 Å². The van der Waals surface area contributed by atoms with Crippen molar-refractivity contribution in [2.45, 2.75) is 25.3 Å². The predicted octanol–water partition coefficient (Wildman–Crippen LogP) is 1.83. The second-order valence-corrected chi connectivity index (χ2v) is 5.27. The summed E-state index contributed by atoms with van der Waals surface area (Å²) in [5.74, 6) is 0.968. The lowest BCUT2D eigenvalue weighted by molar-refractivity contribution is 0.160. The molecular weight excluding hydrogens is 210 g/mol. The first-order valence-corrected chi connectivity index (χ1v) is 6.78. The first kappa shape index (κ1) is 11.2. The molecule has 2 aliphatic rings. The van der Waals surface area contributed by atoms with Crippen LogP contribution in [-0.2, 0) is 0 Å². The van der Waals surface area contributed by atoms with Crippen LogP contribution in [0.3, 0.4) is 0 Å². The summed E-state index contributed by atoms with van der Waals surface area (Å²) < 4.78 is 0. The Balaban J connectivity index is 1.75. The molecule has 1 saturated carbocycles. The summed E-state index contributed by atoms with van der Waals surface area (Å²) in [6, 6.07) is 4.90. The Labute approximate surface area is 103 Å². The van der Waals surface area contributed by atoms with E-state index < -0.39 is 0 Å². The van der Waals surface area contributed by atoms with Gasteiger partial charge in [0.15, 0.2) is 0 Å². The molecule has 1 N–H and O–H groups in total. The minimum absolute atomic E-state index is 0.596. The zero-order valence-electron chi connectivity index (χ0n) is 10.3. The van der Waals surface area contributed by atoms with E-state index in [2.05, 4.69) is 33.5 Å². The third-order valence-corrected chi connectivity index (χ3v) is 3.92. The summed E-state index contributed by atoms with van der Waals surface area (Å²) in [7, 11) is 0. The van der Waals surface area contributed by atoms with E-state index in [-0.39, 0.29) is 0 Å². The van der Waals surface area contributed by atoms with Crippen LogP contribution in [0.1, 0.15) is 30.9 Å². The Hall–Kier alpha value is -0.930. The predicted molar refractivity (Wildman–Crippen MR) is 68.8 cm³/mol. The number of hydrogen-bond acceptors (Lipinski definition) is 3. The number of aromatic nitrogens is 1. The third-order valence-electron chi connectivity index (χ3n) is 3.92. The number of nitrogens with zero attached hydrogens (tertiary/aromatic N) is 2. The molecule has 1 aliphatic carbocycles. The highest BCUT2D eigenvalue weighted by atomic mass is 15.2. The summed E-state index contributed by atoms with van der Waals surface area (Å²) in [5, 5.41) is 3.43. The highest BCUT2D eigenvalue weighted by Gasteiger charge is 2.30. The monoisotopic (exact) mass is 231 g/mol. The number of pyridine rings is 1. The summed E-state index contributed by atoms with van der Waals surface area (Å²) in [6.45, 7) is 4.60. The summed E-state index contributed by atoms with van der Waals surface area (Å²) in [5.41, 5.74) is 1.40. The maximum absolute atomic E-state index is 4.29. The zero-order valence-corrected chi connectivity index (χ0v) is 10.3. The van der Waals surface area contributed by atoms with Gasteiger partial charge >= 0.3 is 0 Å². The fraction of sp³-hybridized carbons (Fsp3) is 0.643. The van der Waals surface area contributed by atoms with Crippen molar-refractivity contribution in [3.63, 3.8) is 0 Å². The van der Waals surface area contributed by atoms with Gasteiger partial charge in [-0.25, -0.2) is 0 Å². The Morgan fingerprint density at radius 3 is 2.82 bits per heavy atom. The van der Waals surface area contributed by atoms with Gasteiger partial charge in [0.05, 0.1) is 0 Å². The van der Waals surface area contributed by atoms with Crippen LogP contribution in [0.15, 0.2) is 24.5 Å². The van der Waals surface area contributed by atoms with Crippen molar-refractivity contribution < 1.29 is 0 Å². The average molecular weight is 231 g/mol. The van der Waals surface area contributed by atoms with Gasteiger partial charge in [-0.1, -0.05) is 18.9 Å². The SMILES string of the molecule is c1cncc([C@H](CC2CC2)N2CCNCC2)c1. The van der Waals surface area contributed by atoms with E-state index in [9.17, 15) is 0 Å². The van der Waals surface area contributed by atoms with Crippen LogP contribution >= 0.6 is 0 Å². The van der Waals surface area contributed by atoms with Crippen LogP contribution in [0.25, 0.3) is 0 Å². The van der Waals surface area contributed by atoms with E-state index in [0.717, 1.165) is 19.0 Å². The van der Waals surface area contributed by atoms with Crippen LogP contribution in [0, 0.1) is 5.92 Å². The maximum atomic E-state index is 4.29. The fourth-order valence-electron chi connectivity index (χ4n) is 2.73. The lowest BCUT2D eigenvalue weighted by Gasteiger charge is -2.35. The normalized spacial score (nSPS) is 23.5. The van der Waals surface area contributed by atoms with Crippen molar-refractivity contribution in [2.75, 3.05) is 26.2 Å². The lowest BCUT2D eigenvalue weighted by atomic mass is 10.0. The van der Waals surface area contributed by atoms with Crippen molar-refractivity contribution in [1.82, 2.24) is 15.2 Å². The van der Waals surface area contributed by atoms with Gasteiger partial charge in [-0.05, 0) is 24.0 Å². The quantitative estimate of drug-likeness (QED) is 0.857.